The molecule has 0 aromatic heterocycles. The summed E-state index contributed by atoms with van der Waals surface area (Å²) in [5.41, 5.74) is 1.37. The fourth-order valence-corrected chi connectivity index (χ4v) is 4.98. The number of nitrogens with one attached hydrogen (secondary N) is 1. The lowest BCUT2D eigenvalue weighted by Gasteiger charge is -2.17. The summed E-state index contributed by atoms with van der Waals surface area (Å²) in [4.78, 5) is 31.2. The summed E-state index contributed by atoms with van der Waals surface area (Å²) in [6.07, 6.45) is -6.55. The Hall–Kier alpha value is -3.31. The first-order chi connectivity index (χ1) is 19.0. The fourth-order valence-electron chi connectivity index (χ4n) is 3.99. The van der Waals surface area contributed by atoms with Crippen LogP contribution in [0.3, 0.4) is 0 Å². The Balaban J connectivity index is 1.76. The molecule has 1 aliphatic heterocycles. The largest absolute Gasteiger partial charge is 0.573 e. The molecule has 0 bridgehead atoms. The zero-order valence-electron chi connectivity index (χ0n) is 20.7. The number of fused-ring (bicyclic) bond motifs is 1. The molecule has 4 rings (SSSR count). The molecule has 1 atom stereocenters. The third-order valence-electron chi connectivity index (χ3n) is 5.69. The molecule has 1 amide bonds. The number of halogens is 6. The van der Waals surface area contributed by atoms with E-state index in [4.69, 9.17) is 44.3 Å². The third-order valence-corrected chi connectivity index (χ3v) is 6.50. The van der Waals surface area contributed by atoms with Crippen molar-refractivity contribution in [2.24, 2.45) is 4.99 Å². The van der Waals surface area contributed by atoms with Crippen molar-refractivity contribution in [1.82, 2.24) is 5.32 Å². The van der Waals surface area contributed by atoms with Gasteiger partial charge in [0, 0.05) is 29.7 Å². The molecule has 0 spiro atoms. The summed E-state index contributed by atoms with van der Waals surface area (Å²) in [6.45, 7) is 0.154. The number of Topliss-reactive ketones (excluding diaryl/α,β-unsaturated/α-hetero) is 1. The summed E-state index contributed by atoms with van der Waals surface area (Å²) in [5.74, 6) is -2.12. The number of hydrogen-bond donors (Lipinski definition) is 1. The molecule has 0 aliphatic carbocycles. The zero-order chi connectivity index (χ0) is 29.0. The Labute approximate surface area is 241 Å². The van der Waals surface area contributed by atoms with E-state index in [0.29, 0.717) is 16.7 Å². The molecule has 0 saturated heterocycles. The van der Waals surface area contributed by atoms with Crippen molar-refractivity contribution in [1.29, 1.82) is 0 Å². The second kappa shape index (κ2) is 12.5. The van der Waals surface area contributed by atoms with Crippen LogP contribution >= 0.6 is 34.8 Å². The number of benzene rings is 3. The lowest BCUT2D eigenvalue weighted by molar-refractivity contribution is -0.274. The molecule has 0 fully saturated rings. The Bertz CT molecular complexity index is 1460. The molecule has 13 heteroatoms. The van der Waals surface area contributed by atoms with Crippen LogP contribution in [0.25, 0.3) is 0 Å². The molecule has 1 aliphatic rings. The topological polar surface area (TPSA) is 86.2 Å². The third kappa shape index (κ3) is 7.06. The summed E-state index contributed by atoms with van der Waals surface area (Å²) in [6, 6.07) is 12.9. The highest BCUT2D eigenvalue weighted by Gasteiger charge is 2.33. The van der Waals surface area contributed by atoms with Crippen molar-refractivity contribution in [2.45, 2.75) is 18.9 Å². The molecule has 210 valence electrons. The number of methoxy groups -OCH3 is 1. The number of carbonyl (C=O) groups is 2. The number of alkyl halides is 3. The van der Waals surface area contributed by atoms with E-state index in [0.717, 1.165) is 18.2 Å². The number of carbonyl (C=O) groups excluding carboxylic acids is 2. The number of ketones is 1. The average molecular weight is 616 g/mol. The van der Waals surface area contributed by atoms with Crippen LogP contribution in [0.2, 0.25) is 15.1 Å². The maximum Gasteiger partial charge on any atom is 0.573 e. The highest BCUT2D eigenvalue weighted by molar-refractivity contribution is 6.43. The van der Waals surface area contributed by atoms with Crippen LogP contribution in [0.5, 0.6) is 11.5 Å². The first-order valence-corrected chi connectivity index (χ1v) is 12.8. The quantitative estimate of drug-likeness (QED) is 0.301. The SMILES string of the molecule is COCCOc1ccc(OC(F)(F)F)cc1C(=O)NC1N=C(c2c(Cl)cc(Cl)cc2Cl)c2ccccc2CC1=O. The number of hydrogen-bond acceptors (Lipinski definition) is 6. The molecular weight excluding hydrogens is 596 g/mol. The second-order valence-electron chi connectivity index (χ2n) is 8.45. The number of ether oxygens (including phenoxy) is 3. The highest BCUT2D eigenvalue weighted by Crippen LogP contribution is 2.34. The first kappa shape index (κ1) is 29.7. The molecule has 3 aromatic rings. The molecule has 3 aromatic carbocycles. The van der Waals surface area contributed by atoms with E-state index in [1.165, 1.54) is 19.2 Å². The van der Waals surface area contributed by atoms with Gasteiger partial charge < -0.3 is 19.5 Å². The Morgan fingerprint density at radius 1 is 1.05 bits per heavy atom. The van der Waals surface area contributed by atoms with E-state index in [9.17, 15) is 22.8 Å². The van der Waals surface area contributed by atoms with E-state index < -0.39 is 30.0 Å². The van der Waals surface area contributed by atoms with Gasteiger partial charge in [-0.15, -0.1) is 13.2 Å². The Morgan fingerprint density at radius 2 is 1.75 bits per heavy atom. The van der Waals surface area contributed by atoms with Gasteiger partial charge in [0.2, 0.25) is 0 Å². The summed E-state index contributed by atoms with van der Waals surface area (Å²) in [5, 5.41) is 3.10. The van der Waals surface area contributed by atoms with Gasteiger partial charge in [-0.2, -0.15) is 0 Å². The van der Waals surface area contributed by atoms with Gasteiger partial charge in [0.25, 0.3) is 5.91 Å². The summed E-state index contributed by atoms with van der Waals surface area (Å²) < 4.78 is 53.0. The number of aliphatic imine (C=N–C) groups is 1. The van der Waals surface area contributed by atoms with Crippen LogP contribution < -0.4 is 14.8 Å². The predicted octanol–water partition coefficient (Wildman–Crippen LogP) is 6.29. The van der Waals surface area contributed by atoms with Crippen LogP contribution in [-0.2, 0) is 16.0 Å². The minimum absolute atomic E-state index is 0.00376. The molecule has 40 heavy (non-hydrogen) atoms. The van der Waals surface area contributed by atoms with Gasteiger partial charge in [0.05, 0.1) is 27.9 Å². The molecule has 7 nitrogen and oxygen atoms in total. The first-order valence-electron chi connectivity index (χ1n) is 11.6. The van der Waals surface area contributed by atoms with Crippen molar-refractivity contribution in [2.75, 3.05) is 20.3 Å². The molecule has 1 unspecified atom stereocenters. The van der Waals surface area contributed by atoms with Gasteiger partial charge in [-0.05, 0) is 35.9 Å². The molecular formula is C27H20Cl3F3N2O5. The van der Waals surface area contributed by atoms with Crippen molar-refractivity contribution >= 4 is 52.2 Å². The molecule has 0 saturated carbocycles. The Morgan fingerprint density at radius 3 is 2.42 bits per heavy atom. The van der Waals surface area contributed by atoms with E-state index >= 15 is 0 Å². The van der Waals surface area contributed by atoms with Crippen LogP contribution in [0.1, 0.15) is 27.0 Å². The van der Waals surface area contributed by atoms with Gasteiger partial charge in [-0.25, -0.2) is 0 Å². The van der Waals surface area contributed by atoms with Crippen molar-refractivity contribution in [3.63, 3.8) is 0 Å². The van der Waals surface area contributed by atoms with Crippen LogP contribution in [0.15, 0.2) is 59.6 Å². The number of amides is 1. The monoisotopic (exact) mass is 614 g/mol. The maximum absolute atomic E-state index is 13.4. The Kier molecular flexibility index (Phi) is 9.25. The fraction of sp³-hybridized carbons (Fsp3) is 0.222. The van der Waals surface area contributed by atoms with Crippen molar-refractivity contribution in [3.8, 4) is 11.5 Å². The smallest absolute Gasteiger partial charge is 0.490 e. The second-order valence-corrected chi connectivity index (χ2v) is 9.70. The van der Waals surface area contributed by atoms with Gasteiger partial charge in [-0.3, -0.25) is 14.6 Å². The lowest BCUT2D eigenvalue weighted by atomic mass is 9.96. The van der Waals surface area contributed by atoms with Crippen molar-refractivity contribution in [3.05, 3.63) is 91.9 Å². The summed E-state index contributed by atoms with van der Waals surface area (Å²) in [7, 11) is 1.43. The average Bonchev–Trinajstić information content (AvgIpc) is 2.99. The van der Waals surface area contributed by atoms with E-state index in [1.54, 1.807) is 24.3 Å². The predicted molar refractivity (Wildman–Crippen MR) is 144 cm³/mol. The van der Waals surface area contributed by atoms with E-state index in [1.807, 2.05) is 0 Å². The molecule has 1 heterocycles. The van der Waals surface area contributed by atoms with E-state index in [2.05, 4.69) is 15.0 Å². The van der Waals surface area contributed by atoms with Crippen LogP contribution in [0.4, 0.5) is 13.2 Å². The standard InChI is InChI=1S/C27H20Cl3F3N2O5/c1-38-8-9-39-22-7-6-16(40-27(31,32)33)13-18(22)26(37)35-25-21(36)10-14-4-2-3-5-17(14)24(34-25)23-19(29)11-15(28)12-20(23)30/h2-7,11-13,25H,8-10H2,1H3,(H,35,37). The lowest BCUT2D eigenvalue weighted by Crippen LogP contribution is -2.40. The van der Waals surface area contributed by atoms with Gasteiger partial charge in [0.15, 0.2) is 11.9 Å². The highest BCUT2D eigenvalue weighted by atomic mass is 35.5. The normalized spacial score (nSPS) is 15.1. The van der Waals surface area contributed by atoms with Crippen molar-refractivity contribution < 1.29 is 37.0 Å². The van der Waals surface area contributed by atoms with E-state index in [-0.39, 0.29) is 51.7 Å². The van der Waals surface area contributed by atoms with Crippen LogP contribution in [-0.4, -0.2) is 50.3 Å². The summed E-state index contributed by atoms with van der Waals surface area (Å²) >= 11 is 19.0. The van der Waals surface area contributed by atoms with Gasteiger partial charge in [-0.1, -0.05) is 59.1 Å². The molecule has 1 N–H and O–H groups in total. The number of nitrogens with zero attached hydrogens (tertiary/aromatic N) is 1. The zero-order valence-corrected chi connectivity index (χ0v) is 22.9. The maximum atomic E-state index is 13.4. The molecule has 0 radical (unpaired) electrons. The minimum Gasteiger partial charge on any atom is -0.490 e. The van der Waals surface area contributed by atoms with Gasteiger partial charge in [0.1, 0.15) is 18.1 Å². The van der Waals surface area contributed by atoms with Crippen LogP contribution in [0, 0.1) is 0 Å². The minimum atomic E-state index is -4.99. The van der Waals surface area contributed by atoms with Gasteiger partial charge >= 0.3 is 6.36 Å². The number of rotatable bonds is 8.